The van der Waals surface area contributed by atoms with Crippen molar-refractivity contribution in [2.24, 2.45) is 0 Å². The van der Waals surface area contributed by atoms with Gasteiger partial charge in [0, 0.05) is 25.0 Å². The maximum absolute atomic E-state index is 6.12. The smallest absolute Gasteiger partial charge is 0.164 e. The molecule has 0 spiro atoms. The second-order valence-corrected chi connectivity index (χ2v) is 11.7. The quantitative estimate of drug-likeness (QED) is 0.150. The van der Waals surface area contributed by atoms with Crippen LogP contribution in [0.2, 0.25) is 0 Å². The largest absolute Gasteiger partial charge is 0.493 e. The van der Waals surface area contributed by atoms with E-state index in [2.05, 4.69) is 107 Å². The lowest BCUT2D eigenvalue weighted by molar-refractivity contribution is 0.193. The van der Waals surface area contributed by atoms with E-state index < -0.39 is 0 Å². The van der Waals surface area contributed by atoms with E-state index in [-0.39, 0.29) is 0 Å². The van der Waals surface area contributed by atoms with Gasteiger partial charge in [0.05, 0.1) is 7.11 Å². The van der Waals surface area contributed by atoms with Crippen molar-refractivity contribution in [1.29, 1.82) is 0 Å². The van der Waals surface area contributed by atoms with Crippen molar-refractivity contribution < 1.29 is 9.47 Å². The van der Waals surface area contributed by atoms with Crippen LogP contribution in [-0.2, 0) is 13.2 Å². The molecule has 1 heterocycles. The first kappa shape index (κ1) is 30.8. The van der Waals surface area contributed by atoms with Gasteiger partial charge in [0.1, 0.15) is 6.61 Å². The van der Waals surface area contributed by atoms with Crippen LogP contribution >= 0.6 is 0 Å². The Kier molecular flexibility index (Phi) is 11.7. The van der Waals surface area contributed by atoms with Crippen molar-refractivity contribution in [3.63, 3.8) is 0 Å². The highest BCUT2D eigenvalue weighted by molar-refractivity contribution is 5.49. The van der Waals surface area contributed by atoms with E-state index in [0.717, 1.165) is 68.3 Å². The van der Waals surface area contributed by atoms with Crippen LogP contribution in [0.25, 0.3) is 0 Å². The number of ether oxygens (including phenoxy) is 2. The summed E-state index contributed by atoms with van der Waals surface area (Å²) in [6.07, 6.45) is 3.53. The van der Waals surface area contributed by atoms with Gasteiger partial charge in [-0.2, -0.15) is 0 Å². The van der Waals surface area contributed by atoms with E-state index in [4.69, 9.17) is 9.47 Å². The molecule has 0 aliphatic carbocycles. The molecule has 0 saturated carbocycles. The average Bonchev–Trinajstić information content (AvgIpc) is 3.06. The Morgan fingerprint density at radius 1 is 0.791 bits per heavy atom. The van der Waals surface area contributed by atoms with Gasteiger partial charge in [0.25, 0.3) is 0 Å². The molecule has 0 bridgehead atoms. The fourth-order valence-corrected chi connectivity index (χ4v) is 6.09. The van der Waals surface area contributed by atoms with Crippen LogP contribution in [0, 0.1) is 6.92 Å². The number of rotatable bonds is 15. The molecular formula is C38H47N3O2. The molecule has 1 aliphatic rings. The van der Waals surface area contributed by atoms with Gasteiger partial charge in [-0.05, 0) is 86.2 Å². The first-order valence-electron chi connectivity index (χ1n) is 15.8. The fraction of sp³-hybridized carbons (Fsp3) is 0.368. The van der Waals surface area contributed by atoms with Gasteiger partial charge < -0.3 is 25.0 Å². The van der Waals surface area contributed by atoms with E-state index in [1.165, 1.54) is 29.5 Å². The molecule has 43 heavy (non-hydrogen) atoms. The van der Waals surface area contributed by atoms with E-state index in [1.54, 1.807) is 7.11 Å². The lowest BCUT2D eigenvalue weighted by Crippen LogP contribution is -2.44. The van der Waals surface area contributed by atoms with Crippen molar-refractivity contribution in [3.8, 4) is 11.5 Å². The zero-order valence-electron chi connectivity index (χ0n) is 25.8. The lowest BCUT2D eigenvalue weighted by atomic mass is 9.90. The average molecular weight is 578 g/mol. The number of nitrogens with zero attached hydrogens (tertiary/aromatic N) is 1. The van der Waals surface area contributed by atoms with Gasteiger partial charge in [-0.3, -0.25) is 0 Å². The molecule has 4 aromatic carbocycles. The number of hydrogen-bond acceptors (Lipinski definition) is 5. The Bertz CT molecular complexity index is 1320. The topological polar surface area (TPSA) is 45.8 Å². The summed E-state index contributed by atoms with van der Waals surface area (Å²) in [6, 6.07) is 37.1. The molecule has 5 rings (SSSR count). The highest BCUT2D eigenvalue weighted by atomic mass is 16.5. The second-order valence-electron chi connectivity index (χ2n) is 11.7. The zero-order chi connectivity index (χ0) is 29.7. The maximum Gasteiger partial charge on any atom is 0.164 e. The summed E-state index contributed by atoms with van der Waals surface area (Å²) in [6.45, 7) is 8.84. The molecule has 4 aromatic rings. The summed E-state index contributed by atoms with van der Waals surface area (Å²) < 4.78 is 11.8. The third-order valence-corrected chi connectivity index (χ3v) is 8.47. The third kappa shape index (κ3) is 9.17. The summed E-state index contributed by atoms with van der Waals surface area (Å²) in [5.41, 5.74) is 6.27. The third-order valence-electron chi connectivity index (χ3n) is 8.47. The molecule has 5 heteroatoms. The number of piperidine rings is 1. The highest BCUT2D eigenvalue weighted by Gasteiger charge is 2.23. The molecule has 5 nitrogen and oxygen atoms in total. The van der Waals surface area contributed by atoms with Gasteiger partial charge in [0.15, 0.2) is 11.5 Å². The minimum absolute atomic E-state index is 0.416. The number of hydrogen-bond donors (Lipinski definition) is 2. The minimum atomic E-state index is 0.416. The summed E-state index contributed by atoms with van der Waals surface area (Å²) in [7, 11) is 1.71. The number of benzene rings is 4. The first-order valence-corrected chi connectivity index (χ1v) is 15.8. The lowest BCUT2D eigenvalue weighted by Gasteiger charge is -2.35. The Balaban J connectivity index is 1.00. The summed E-state index contributed by atoms with van der Waals surface area (Å²) in [5.74, 6) is 2.03. The number of nitrogens with one attached hydrogen (secondary N) is 2. The molecule has 0 amide bonds. The standard InChI is InChI=1S/C38H47N3O2/c1-30-25-32(26-37(42-2)38(30)43-29-31-13-6-3-7-14-31)27-39-21-12-22-40-35-19-23-41(24-20-35)28-36(33-15-8-4-9-16-33)34-17-10-5-11-18-34/h3-11,13-18,25-26,35-36,39-40H,12,19-24,27-29H2,1-2H3. The molecule has 1 saturated heterocycles. The molecule has 1 aliphatic heterocycles. The zero-order valence-corrected chi connectivity index (χ0v) is 25.8. The summed E-state index contributed by atoms with van der Waals surface area (Å²) >= 11 is 0. The van der Waals surface area contributed by atoms with Crippen molar-refractivity contribution in [2.75, 3.05) is 39.8 Å². The SMILES string of the molecule is COc1cc(CNCCCNC2CCN(CC(c3ccccc3)c3ccccc3)CC2)cc(C)c1OCc1ccccc1. The molecule has 0 unspecified atom stereocenters. The van der Waals surface area contributed by atoms with Crippen LogP contribution in [0.5, 0.6) is 11.5 Å². The summed E-state index contributed by atoms with van der Waals surface area (Å²) in [4.78, 5) is 2.65. The summed E-state index contributed by atoms with van der Waals surface area (Å²) in [5, 5.41) is 7.43. The monoisotopic (exact) mass is 577 g/mol. The molecule has 0 aromatic heterocycles. The van der Waals surface area contributed by atoms with E-state index in [0.29, 0.717) is 18.6 Å². The van der Waals surface area contributed by atoms with Crippen LogP contribution in [0.4, 0.5) is 0 Å². The van der Waals surface area contributed by atoms with Gasteiger partial charge >= 0.3 is 0 Å². The van der Waals surface area contributed by atoms with Gasteiger partial charge in [0.2, 0.25) is 0 Å². The van der Waals surface area contributed by atoms with Crippen LogP contribution in [0.15, 0.2) is 103 Å². The van der Waals surface area contributed by atoms with Crippen molar-refractivity contribution in [3.05, 3.63) is 131 Å². The number of methoxy groups -OCH3 is 1. The predicted molar refractivity (Wildman–Crippen MR) is 177 cm³/mol. The van der Waals surface area contributed by atoms with Crippen molar-refractivity contribution in [2.45, 2.75) is 51.3 Å². The molecule has 0 atom stereocenters. The Morgan fingerprint density at radius 2 is 1.42 bits per heavy atom. The van der Waals surface area contributed by atoms with Gasteiger partial charge in [-0.25, -0.2) is 0 Å². The Morgan fingerprint density at radius 3 is 2.05 bits per heavy atom. The fourth-order valence-electron chi connectivity index (χ4n) is 6.09. The molecule has 0 radical (unpaired) electrons. The van der Waals surface area contributed by atoms with Crippen molar-refractivity contribution in [1.82, 2.24) is 15.5 Å². The normalized spacial score (nSPS) is 14.2. The Hall–Kier alpha value is -3.64. The van der Waals surface area contributed by atoms with Crippen LogP contribution in [0.1, 0.15) is 53.0 Å². The number of aryl methyl sites for hydroxylation is 1. The highest BCUT2D eigenvalue weighted by Crippen LogP contribution is 2.33. The molecular weight excluding hydrogens is 530 g/mol. The Labute approximate surface area is 258 Å². The molecule has 2 N–H and O–H groups in total. The van der Waals surface area contributed by atoms with Crippen LogP contribution in [-0.4, -0.2) is 50.8 Å². The van der Waals surface area contributed by atoms with Crippen LogP contribution < -0.4 is 20.1 Å². The van der Waals surface area contributed by atoms with E-state index >= 15 is 0 Å². The van der Waals surface area contributed by atoms with E-state index in [1.807, 2.05) is 18.2 Å². The van der Waals surface area contributed by atoms with Gasteiger partial charge in [-0.1, -0.05) is 97.1 Å². The van der Waals surface area contributed by atoms with Crippen LogP contribution in [0.3, 0.4) is 0 Å². The predicted octanol–water partition coefficient (Wildman–Crippen LogP) is 6.95. The minimum Gasteiger partial charge on any atom is -0.493 e. The van der Waals surface area contributed by atoms with E-state index in [9.17, 15) is 0 Å². The van der Waals surface area contributed by atoms with Crippen molar-refractivity contribution >= 4 is 0 Å². The maximum atomic E-state index is 6.12. The second kappa shape index (κ2) is 16.3. The first-order chi connectivity index (χ1) is 21.2. The molecule has 1 fully saturated rings. The van der Waals surface area contributed by atoms with Gasteiger partial charge in [-0.15, -0.1) is 0 Å². The molecule has 226 valence electrons. The number of likely N-dealkylation sites (tertiary alicyclic amines) is 1.